The number of aromatic nitrogens is 2. The van der Waals surface area contributed by atoms with Gasteiger partial charge in [0.2, 0.25) is 0 Å². The predicted molar refractivity (Wildman–Crippen MR) is 76.4 cm³/mol. The van der Waals surface area contributed by atoms with Crippen molar-refractivity contribution in [1.82, 2.24) is 9.97 Å². The molecule has 0 aliphatic carbocycles. The highest BCUT2D eigenvalue weighted by atomic mass is 35.5. The van der Waals surface area contributed by atoms with Crippen LogP contribution in [0.3, 0.4) is 0 Å². The summed E-state index contributed by atoms with van der Waals surface area (Å²) in [7, 11) is 0. The van der Waals surface area contributed by atoms with E-state index >= 15 is 0 Å². The molecular weight excluding hydrogens is 269 g/mol. The Morgan fingerprint density at radius 3 is 2.39 bits per heavy atom. The summed E-state index contributed by atoms with van der Waals surface area (Å²) in [6.07, 6.45) is 1.54. The molecule has 1 heterocycles. The Kier molecular flexibility index (Phi) is 4.04. The topological polar surface area (TPSA) is 37.8 Å². The van der Waals surface area contributed by atoms with Crippen LogP contribution in [0.5, 0.6) is 0 Å². The third-order valence-corrected chi connectivity index (χ3v) is 3.00. The van der Waals surface area contributed by atoms with Gasteiger partial charge in [-0.2, -0.15) is 0 Å². The molecule has 0 aliphatic heterocycles. The normalized spacial score (nSPS) is 10.4. The molecule has 0 bridgehead atoms. The largest absolute Gasteiger partial charge is 0.370 e. The molecule has 18 heavy (non-hydrogen) atoms. The van der Waals surface area contributed by atoms with Crippen LogP contribution < -0.4 is 5.32 Å². The van der Waals surface area contributed by atoms with Gasteiger partial charge in [0, 0.05) is 27.7 Å². The Labute approximate surface area is 116 Å². The van der Waals surface area contributed by atoms with Crippen molar-refractivity contribution in [2.75, 3.05) is 11.9 Å². The van der Waals surface area contributed by atoms with Crippen molar-refractivity contribution in [3.05, 3.63) is 40.1 Å². The molecule has 0 amide bonds. The van der Waals surface area contributed by atoms with Crippen LogP contribution >= 0.6 is 23.2 Å². The number of rotatable bonds is 3. The van der Waals surface area contributed by atoms with Gasteiger partial charge in [-0.15, -0.1) is 0 Å². The first-order chi connectivity index (χ1) is 8.61. The maximum atomic E-state index is 6.01. The maximum absolute atomic E-state index is 6.01. The molecule has 0 spiro atoms. The highest BCUT2D eigenvalue weighted by Gasteiger charge is 2.09. The van der Waals surface area contributed by atoms with Gasteiger partial charge in [0.25, 0.3) is 0 Å². The number of hydrogen-bond donors (Lipinski definition) is 1. The first-order valence-electron chi connectivity index (χ1n) is 5.63. The smallest absolute Gasteiger partial charge is 0.132 e. The standard InChI is InChI=1S/C13H13Cl2N3/c1-3-16-13-8(2)12(17-7-18-13)9-4-10(14)6-11(15)5-9/h4-7H,3H2,1-2H3,(H,16,17,18). The second-order valence-corrected chi connectivity index (χ2v) is 4.76. The van der Waals surface area contributed by atoms with E-state index in [1.165, 1.54) is 6.33 Å². The SMILES string of the molecule is CCNc1ncnc(-c2cc(Cl)cc(Cl)c2)c1C. The molecule has 3 nitrogen and oxygen atoms in total. The molecule has 0 saturated carbocycles. The Morgan fingerprint density at radius 2 is 1.78 bits per heavy atom. The van der Waals surface area contributed by atoms with Crippen molar-refractivity contribution >= 4 is 29.0 Å². The zero-order valence-electron chi connectivity index (χ0n) is 10.2. The summed E-state index contributed by atoms with van der Waals surface area (Å²) in [6.45, 7) is 4.81. The van der Waals surface area contributed by atoms with E-state index in [0.29, 0.717) is 10.0 Å². The fourth-order valence-electron chi connectivity index (χ4n) is 1.78. The highest BCUT2D eigenvalue weighted by molar-refractivity contribution is 6.35. The van der Waals surface area contributed by atoms with E-state index in [9.17, 15) is 0 Å². The van der Waals surface area contributed by atoms with Crippen LogP contribution in [0.4, 0.5) is 5.82 Å². The number of nitrogens with zero attached hydrogens (tertiary/aromatic N) is 2. The second-order valence-electron chi connectivity index (χ2n) is 3.88. The average Bonchev–Trinajstić information content (AvgIpc) is 2.31. The van der Waals surface area contributed by atoms with Gasteiger partial charge in [0.05, 0.1) is 5.69 Å². The summed E-state index contributed by atoms with van der Waals surface area (Å²) < 4.78 is 0. The van der Waals surface area contributed by atoms with Gasteiger partial charge in [-0.1, -0.05) is 23.2 Å². The quantitative estimate of drug-likeness (QED) is 0.917. The van der Waals surface area contributed by atoms with Crippen molar-refractivity contribution in [1.29, 1.82) is 0 Å². The van der Waals surface area contributed by atoms with Crippen LogP contribution in [0.1, 0.15) is 12.5 Å². The number of benzene rings is 1. The molecule has 0 unspecified atom stereocenters. The fraction of sp³-hybridized carbons (Fsp3) is 0.231. The number of hydrogen-bond acceptors (Lipinski definition) is 3. The van der Waals surface area contributed by atoms with E-state index < -0.39 is 0 Å². The lowest BCUT2D eigenvalue weighted by Gasteiger charge is -2.10. The molecule has 2 aromatic rings. The van der Waals surface area contributed by atoms with E-state index in [-0.39, 0.29) is 0 Å². The Morgan fingerprint density at radius 1 is 1.11 bits per heavy atom. The molecule has 5 heteroatoms. The summed E-state index contributed by atoms with van der Waals surface area (Å²) in [5.41, 5.74) is 2.72. The summed E-state index contributed by atoms with van der Waals surface area (Å²) >= 11 is 12.0. The lowest BCUT2D eigenvalue weighted by atomic mass is 10.1. The molecule has 0 radical (unpaired) electrons. The van der Waals surface area contributed by atoms with Gasteiger partial charge in [0.1, 0.15) is 12.1 Å². The van der Waals surface area contributed by atoms with Gasteiger partial charge in [-0.05, 0) is 32.0 Å². The summed E-state index contributed by atoms with van der Waals surface area (Å²) in [6, 6.07) is 5.39. The molecule has 1 aromatic carbocycles. The first kappa shape index (κ1) is 13.1. The van der Waals surface area contributed by atoms with Gasteiger partial charge in [0.15, 0.2) is 0 Å². The lowest BCUT2D eigenvalue weighted by molar-refractivity contribution is 1.09. The molecule has 0 saturated heterocycles. The Balaban J connectivity index is 2.53. The van der Waals surface area contributed by atoms with Crippen molar-refractivity contribution in [2.45, 2.75) is 13.8 Å². The summed E-state index contributed by atoms with van der Waals surface area (Å²) in [5.74, 6) is 0.832. The number of nitrogens with one attached hydrogen (secondary N) is 1. The van der Waals surface area contributed by atoms with E-state index in [0.717, 1.165) is 29.2 Å². The summed E-state index contributed by atoms with van der Waals surface area (Å²) in [4.78, 5) is 8.52. The molecule has 0 aliphatic rings. The van der Waals surface area contributed by atoms with Crippen molar-refractivity contribution < 1.29 is 0 Å². The second kappa shape index (κ2) is 5.55. The molecule has 0 fully saturated rings. The monoisotopic (exact) mass is 281 g/mol. The van der Waals surface area contributed by atoms with Gasteiger partial charge in [-0.3, -0.25) is 0 Å². The van der Waals surface area contributed by atoms with Crippen molar-refractivity contribution in [3.63, 3.8) is 0 Å². The minimum absolute atomic E-state index is 0.598. The third kappa shape index (κ3) is 2.74. The number of halogens is 2. The molecule has 1 N–H and O–H groups in total. The first-order valence-corrected chi connectivity index (χ1v) is 6.39. The zero-order valence-corrected chi connectivity index (χ0v) is 11.7. The van der Waals surface area contributed by atoms with Crippen LogP contribution in [0.15, 0.2) is 24.5 Å². The van der Waals surface area contributed by atoms with Crippen LogP contribution in [-0.4, -0.2) is 16.5 Å². The predicted octanol–water partition coefficient (Wildman–Crippen LogP) is 4.19. The molecule has 1 aromatic heterocycles. The molecular formula is C13H13Cl2N3. The van der Waals surface area contributed by atoms with Gasteiger partial charge >= 0.3 is 0 Å². The van der Waals surface area contributed by atoms with E-state index in [1.54, 1.807) is 6.07 Å². The maximum Gasteiger partial charge on any atom is 0.132 e. The Bertz CT molecular complexity index is 550. The highest BCUT2D eigenvalue weighted by Crippen LogP contribution is 2.29. The molecule has 0 atom stereocenters. The fourth-order valence-corrected chi connectivity index (χ4v) is 2.30. The van der Waals surface area contributed by atoms with Crippen LogP contribution in [0.2, 0.25) is 10.0 Å². The van der Waals surface area contributed by atoms with E-state index in [1.807, 2.05) is 26.0 Å². The summed E-state index contributed by atoms with van der Waals surface area (Å²) in [5, 5.41) is 4.39. The van der Waals surface area contributed by atoms with Crippen molar-refractivity contribution in [2.24, 2.45) is 0 Å². The average molecular weight is 282 g/mol. The minimum atomic E-state index is 0.598. The van der Waals surface area contributed by atoms with Crippen molar-refractivity contribution in [3.8, 4) is 11.3 Å². The van der Waals surface area contributed by atoms with Gasteiger partial charge in [-0.25, -0.2) is 9.97 Å². The Hall–Kier alpha value is -1.32. The zero-order chi connectivity index (χ0) is 13.1. The number of anilines is 1. The van der Waals surface area contributed by atoms with Crippen LogP contribution in [0.25, 0.3) is 11.3 Å². The van der Waals surface area contributed by atoms with E-state index in [4.69, 9.17) is 23.2 Å². The van der Waals surface area contributed by atoms with Crippen LogP contribution in [0, 0.1) is 6.92 Å². The van der Waals surface area contributed by atoms with E-state index in [2.05, 4.69) is 15.3 Å². The lowest BCUT2D eigenvalue weighted by Crippen LogP contribution is -2.03. The van der Waals surface area contributed by atoms with Gasteiger partial charge < -0.3 is 5.32 Å². The molecule has 94 valence electrons. The minimum Gasteiger partial charge on any atom is -0.370 e. The third-order valence-electron chi connectivity index (χ3n) is 2.56. The molecule has 2 rings (SSSR count). The van der Waals surface area contributed by atoms with Crippen LogP contribution in [-0.2, 0) is 0 Å².